The Bertz CT molecular complexity index is 889. The molecule has 27 heavy (non-hydrogen) atoms. The summed E-state index contributed by atoms with van der Waals surface area (Å²) in [4.78, 5) is -0.536. The molecule has 0 bridgehead atoms. The van der Waals surface area contributed by atoms with Crippen LogP contribution in [0.1, 0.15) is 5.56 Å². The van der Waals surface area contributed by atoms with Crippen molar-refractivity contribution in [1.82, 2.24) is 0 Å². The molecule has 2 aromatic rings. The Hall–Kier alpha value is -1.25. The molecular weight excluding hydrogens is 531 g/mol. The molecule has 1 radical (unpaired) electrons. The van der Waals surface area contributed by atoms with Crippen LogP contribution in [-0.2, 0) is 0 Å². The van der Waals surface area contributed by atoms with Crippen LogP contribution in [0, 0.1) is 17.4 Å². The number of rotatable bonds is 4. The zero-order valence-corrected chi connectivity index (χ0v) is 16.6. The predicted molar refractivity (Wildman–Crippen MR) is 92.6 cm³/mol. The van der Waals surface area contributed by atoms with Crippen LogP contribution in [0.15, 0.2) is 44.2 Å². The summed E-state index contributed by atoms with van der Waals surface area (Å²) in [6, 6.07) is 10.9. The van der Waals surface area contributed by atoms with E-state index in [4.69, 9.17) is 5.26 Å². The zero-order chi connectivity index (χ0) is 20.6. The standard InChI is InChI=1S/C16H5Br2F7NS/c17-10-5-11(18)13(9-3-1-8(7-26)2-4-9)12(6-10)27-16(24,25)14(19,20)15(21,22)23/h1-4,6H. The summed E-state index contributed by atoms with van der Waals surface area (Å²) in [7, 11) is 0. The first-order chi connectivity index (χ1) is 12.3. The van der Waals surface area contributed by atoms with Crippen molar-refractivity contribution in [3.05, 3.63) is 50.9 Å². The minimum Gasteiger partial charge on any atom is -0.192 e. The number of benzene rings is 2. The van der Waals surface area contributed by atoms with E-state index < -0.39 is 34.0 Å². The minimum absolute atomic E-state index is 0.0645. The summed E-state index contributed by atoms with van der Waals surface area (Å²) in [5, 5.41) is 3.33. The van der Waals surface area contributed by atoms with Gasteiger partial charge in [-0.15, -0.1) is 0 Å². The SMILES string of the molecule is N#Cc1ccc(-c2c(Br)[c]c(Br)cc2SC(F)(F)C(F)(F)C(F)(F)F)cc1. The number of halogens is 9. The second-order valence-corrected chi connectivity index (χ2v) is 7.85. The van der Waals surface area contributed by atoms with Crippen LogP contribution < -0.4 is 0 Å². The highest BCUT2D eigenvalue weighted by molar-refractivity contribution is 9.11. The number of nitriles is 1. The quantitative estimate of drug-likeness (QED) is 0.300. The van der Waals surface area contributed by atoms with E-state index in [1.54, 1.807) is 0 Å². The first kappa shape index (κ1) is 22.0. The molecular formula is C16H5Br2F7NS. The molecule has 2 aromatic carbocycles. The minimum atomic E-state index is -6.42. The molecule has 0 fully saturated rings. The molecule has 2 rings (SSSR count). The molecule has 0 amide bonds. The van der Waals surface area contributed by atoms with Gasteiger partial charge in [0.15, 0.2) is 0 Å². The third-order valence-electron chi connectivity index (χ3n) is 3.22. The molecule has 0 saturated carbocycles. The summed E-state index contributed by atoms with van der Waals surface area (Å²) < 4.78 is 91.6. The molecule has 0 N–H and O–H groups in total. The summed E-state index contributed by atoms with van der Waals surface area (Å²) in [6.45, 7) is 0. The van der Waals surface area contributed by atoms with Gasteiger partial charge in [0.25, 0.3) is 0 Å². The molecule has 0 saturated heterocycles. The maximum absolute atomic E-state index is 13.9. The van der Waals surface area contributed by atoms with Crippen LogP contribution in [0.4, 0.5) is 30.7 Å². The van der Waals surface area contributed by atoms with Gasteiger partial charge in [-0.25, -0.2) is 0 Å². The Kier molecular flexibility index (Phi) is 6.24. The van der Waals surface area contributed by atoms with E-state index in [0.717, 1.165) is 6.07 Å². The van der Waals surface area contributed by atoms with E-state index in [-0.39, 0.29) is 25.6 Å². The number of alkyl halides is 7. The van der Waals surface area contributed by atoms with Crippen LogP contribution in [0.5, 0.6) is 0 Å². The molecule has 0 aliphatic heterocycles. The van der Waals surface area contributed by atoms with Gasteiger partial charge in [-0.1, -0.05) is 28.1 Å². The van der Waals surface area contributed by atoms with Crippen molar-refractivity contribution in [2.45, 2.75) is 22.2 Å². The van der Waals surface area contributed by atoms with Crippen molar-refractivity contribution in [2.75, 3.05) is 0 Å². The molecule has 0 unspecified atom stereocenters. The lowest BCUT2D eigenvalue weighted by Gasteiger charge is -2.28. The van der Waals surface area contributed by atoms with Gasteiger partial charge in [0.1, 0.15) is 0 Å². The summed E-state index contributed by atoms with van der Waals surface area (Å²) >= 11 is 5.08. The van der Waals surface area contributed by atoms with Gasteiger partial charge in [-0.2, -0.15) is 36.0 Å². The van der Waals surface area contributed by atoms with Crippen LogP contribution >= 0.6 is 43.6 Å². The maximum Gasteiger partial charge on any atom is 0.460 e. The number of hydrogen-bond acceptors (Lipinski definition) is 2. The Morgan fingerprint density at radius 3 is 2.00 bits per heavy atom. The highest BCUT2D eigenvalue weighted by Gasteiger charge is 2.73. The zero-order valence-electron chi connectivity index (χ0n) is 12.6. The largest absolute Gasteiger partial charge is 0.460 e. The molecule has 143 valence electrons. The normalized spacial score (nSPS) is 12.7. The van der Waals surface area contributed by atoms with Gasteiger partial charge in [0.2, 0.25) is 0 Å². The fourth-order valence-corrected chi connectivity index (χ4v) is 4.58. The molecule has 11 heteroatoms. The Labute approximate surface area is 169 Å². The Morgan fingerprint density at radius 2 is 1.52 bits per heavy atom. The van der Waals surface area contributed by atoms with Gasteiger partial charge in [0.05, 0.1) is 11.6 Å². The fraction of sp³-hybridized carbons (Fsp3) is 0.188. The molecule has 0 aromatic heterocycles. The third kappa shape index (κ3) is 4.43. The second-order valence-electron chi connectivity index (χ2n) is 5.05. The maximum atomic E-state index is 13.9. The topological polar surface area (TPSA) is 23.8 Å². The predicted octanol–water partition coefficient (Wildman–Crippen LogP) is 7.43. The van der Waals surface area contributed by atoms with E-state index in [2.05, 4.69) is 37.9 Å². The van der Waals surface area contributed by atoms with E-state index in [9.17, 15) is 30.7 Å². The number of nitrogens with zero attached hydrogens (tertiary/aromatic N) is 1. The lowest BCUT2D eigenvalue weighted by atomic mass is 10.0. The summed E-state index contributed by atoms with van der Waals surface area (Å²) in [6.07, 6.45) is -6.42. The van der Waals surface area contributed by atoms with E-state index >= 15 is 0 Å². The number of thioether (sulfide) groups is 1. The van der Waals surface area contributed by atoms with Gasteiger partial charge in [-0.05, 0) is 51.5 Å². The number of hydrogen-bond donors (Lipinski definition) is 0. The Morgan fingerprint density at radius 1 is 0.963 bits per heavy atom. The van der Waals surface area contributed by atoms with Crippen LogP contribution in [0.3, 0.4) is 0 Å². The van der Waals surface area contributed by atoms with Gasteiger partial charge in [0, 0.05) is 25.5 Å². The van der Waals surface area contributed by atoms with Crippen LogP contribution in [-0.4, -0.2) is 17.4 Å². The Balaban J connectivity index is 2.58. The van der Waals surface area contributed by atoms with E-state index in [1.165, 1.54) is 24.3 Å². The highest BCUT2D eigenvalue weighted by Crippen LogP contribution is 2.55. The lowest BCUT2D eigenvalue weighted by Crippen LogP contribution is -2.49. The average Bonchev–Trinajstić information content (AvgIpc) is 2.53. The van der Waals surface area contributed by atoms with Crippen molar-refractivity contribution in [2.24, 2.45) is 0 Å². The summed E-state index contributed by atoms with van der Waals surface area (Å²) in [5.41, 5.74) is 0.405. The highest BCUT2D eigenvalue weighted by atomic mass is 79.9. The lowest BCUT2D eigenvalue weighted by molar-refractivity contribution is -0.330. The molecule has 0 atom stereocenters. The average molecular weight is 536 g/mol. The first-order valence-corrected chi connectivity index (χ1v) is 9.13. The van der Waals surface area contributed by atoms with Crippen LogP contribution in [0.2, 0.25) is 0 Å². The molecule has 0 heterocycles. The van der Waals surface area contributed by atoms with Crippen molar-refractivity contribution in [3.8, 4) is 17.2 Å². The third-order valence-corrected chi connectivity index (χ3v) is 5.29. The van der Waals surface area contributed by atoms with Gasteiger partial charge >= 0.3 is 17.4 Å². The fourth-order valence-electron chi connectivity index (χ4n) is 1.93. The van der Waals surface area contributed by atoms with Crippen molar-refractivity contribution < 1.29 is 30.7 Å². The first-order valence-electron chi connectivity index (χ1n) is 6.73. The van der Waals surface area contributed by atoms with Crippen molar-refractivity contribution >= 4 is 43.6 Å². The molecule has 0 aliphatic rings. The monoisotopic (exact) mass is 534 g/mol. The van der Waals surface area contributed by atoms with E-state index in [1.807, 2.05) is 6.07 Å². The van der Waals surface area contributed by atoms with Gasteiger partial charge < -0.3 is 0 Å². The second kappa shape index (κ2) is 7.64. The van der Waals surface area contributed by atoms with E-state index in [0.29, 0.717) is 0 Å². The van der Waals surface area contributed by atoms with Crippen molar-refractivity contribution in [1.29, 1.82) is 5.26 Å². The van der Waals surface area contributed by atoms with Crippen molar-refractivity contribution in [3.63, 3.8) is 0 Å². The smallest absolute Gasteiger partial charge is 0.192 e. The van der Waals surface area contributed by atoms with Gasteiger partial charge in [-0.3, -0.25) is 0 Å². The molecule has 0 spiro atoms. The molecule has 1 nitrogen and oxygen atoms in total. The molecule has 0 aliphatic carbocycles. The summed E-state index contributed by atoms with van der Waals surface area (Å²) in [5.74, 6) is -6.24. The van der Waals surface area contributed by atoms with Crippen LogP contribution in [0.25, 0.3) is 11.1 Å².